The molecule has 0 spiro atoms. The molecule has 364 valence electrons. The molecule has 4 heterocycles. The van der Waals surface area contributed by atoms with Crippen LogP contribution in [0.4, 0.5) is 0 Å². The monoisotopic (exact) mass is 1160 g/mol. The smallest absolute Gasteiger partial charge is 0.260 e. The zero-order valence-electron chi connectivity index (χ0n) is 41.7. The van der Waals surface area contributed by atoms with Crippen molar-refractivity contribution in [2.45, 2.75) is 10.8 Å². The number of hydrogen-bond donors (Lipinski definition) is 0. The molecule has 0 aliphatic heterocycles. The van der Waals surface area contributed by atoms with Crippen LogP contribution in [-0.2, 0) is 31.9 Å². The van der Waals surface area contributed by atoms with Gasteiger partial charge in [0.25, 0.3) is 0 Å². The molecule has 0 N–H and O–H groups in total. The van der Waals surface area contributed by atoms with Gasteiger partial charge in [-0.15, -0.1) is 76.4 Å². The summed E-state index contributed by atoms with van der Waals surface area (Å²) in [7, 11) is 0. The van der Waals surface area contributed by atoms with Crippen LogP contribution < -0.4 is 0 Å². The van der Waals surface area contributed by atoms with E-state index in [4.69, 9.17) is 19.9 Å². The van der Waals surface area contributed by atoms with Gasteiger partial charge in [0.05, 0.1) is 33.6 Å². The molecule has 0 unspecified atom stereocenters. The van der Waals surface area contributed by atoms with Gasteiger partial charge in [0.2, 0.25) is 0 Å². The number of benzene rings is 8. The molecule has 0 saturated carbocycles. The predicted molar refractivity (Wildman–Crippen MR) is 305 cm³/mol. The molecule has 0 atom stereocenters. The van der Waals surface area contributed by atoms with E-state index >= 15 is 0 Å². The molecule has 12 aromatic rings. The van der Waals surface area contributed by atoms with Crippen LogP contribution in [-0.4, -0.2) is 19.9 Å². The van der Waals surface area contributed by atoms with Crippen molar-refractivity contribution in [2.24, 2.45) is 0 Å². The van der Waals surface area contributed by atoms with E-state index in [0.717, 1.165) is 78.4 Å². The van der Waals surface area contributed by atoms with Gasteiger partial charge in [-0.25, -0.2) is 0 Å². The maximum atomic E-state index is 5.20. The number of nitrogens with zero attached hydrogens (tertiary/aromatic N) is 4. The molecular weight excluding hydrogens is 1120 g/mol. The average molecular weight is 1160 g/mol. The average Bonchev–Trinajstić information content (AvgIpc) is 4.23. The second-order valence-corrected chi connectivity index (χ2v) is 19.4. The van der Waals surface area contributed by atoms with E-state index in [9.17, 15) is 0 Å². The molecular formula is C72H46N4Pt. The standard InChI is InChI=1S/C72H46N4.Pt/c1-3-21-49(22-4-1)65-41-39-53(47-75-65)70(54-40-42-66(76-48-54)50-23-5-2-6-24-50)69(51-25-19-27-55(45-51)71(67-37-15-17-43-73-67)61-33-11-7-29-57(61)58-30-8-12-34-62(58)71)52-26-20-28-56(46-52)72(68-38-16-18-44-74-68)63-35-13-9-31-59(63)60-32-10-14-36-64(60)72;/h1-44,47-48H;/q-2;+2. The Labute approximate surface area is 463 Å². The largest absolute Gasteiger partial charge is 2.00 e. The predicted octanol–water partition coefficient (Wildman–Crippen LogP) is 15.9. The summed E-state index contributed by atoms with van der Waals surface area (Å²) >= 11 is 0. The Kier molecular flexibility index (Phi) is 12.2. The van der Waals surface area contributed by atoms with Gasteiger partial charge in [0.1, 0.15) is 0 Å². The zero-order valence-corrected chi connectivity index (χ0v) is 43.9. The summed E-state index contributed by atoms with van der Waals surface area (Å²) in [5.74, 6) is 0. The second-order valence-electron chi connectivity index (χ2n) is 19.4. The van der Waals surface area contributed by atoms with Crippen LogP contribution in [0.3, 0.4) is 0 Å². The Morgan fingerprint density at radius 2 is 0.662 bits per heavy atom. The summed E-state index contributed by atoms with van der Waals surface area (Å²) in [6, 6.07) is 98.5. The van der Waals surface area contributed by atoms with E-state index in [0.29, 0.717) is 0 Å². The number of hydrogen-bond acceptors (Lipinski definition) is 4. The molecule has 77 heavy (non-hydrogen) atoms. The molecule has 0 saturated heterocycles. The molecule has 2 aliphatic rings. The van der Waals surface area contributed by atoms with Crippen molar-refractivity contribution in [3.05, 3.63) is 359 Å². The summed E-state index contributed by atoms with van der Waals surface area (Å²) in [4.78, 5) is 20.8. The van der Waals surface area contributed by atoms with Crippen LogP contribution in [0.15, 0.2) is 280 Å². The van der Waals surface area contributed by atoms with Gasteiger partial charge in [-0.3, -0.25) is 19.9 Å². The van der Waals surface area contributed by atoms with E-state index in [1.165, 1.54) is 44.5 Å². The minimum Gasteiger partial charge on any atom is -0.260 e. The SMILES string of the molecule is [Pt+2].[c-]1c(C(=C(c2ccc(-c3ccccc3)nc2)c2ccc(-c3ccccc3)nc2)c2[c-]c(C3(c4ccccn4)c4ccccc4-c4ccccc43)ccc2)cccc1C1(c2ccccn2)c2ccccc2-c2ccccc21. The van der Waals surface area contributed by atoms with Crippen LogP contribution in [0.1, 0.15) is 67.0 Å². The Morgan fingerprint density at radius 1 is 0.299 bits per heavy atom. The van der Waals surface area contributed by atoms with E-state index in [1.54, 1.807) is 0 Å². The van der Waals surface area contributed by atoms with E-state index in [2.05, 4.69) is 243 Å². The van der Waals surface area contributed by atoms with Gasteiger partial charge in [-0.2, -0.15) is 0 Å². The van der Waals surface area contributed by atoms with Crippen molar-refractivity contribution < 1.29 is 21.1 Å². The Bertz CT molecular complexity index is 3780. The number of aromatic nitrogens is 4. The van der Waals surface area contributed by atoms with E-state index in [1.807, 2.05) is 49.1 Å². The number of rotatable bonds is 10. The minimum absolute atomic E-state index is 0. The first kappa shape index (κ1) is 47.5. The molecule has 2 aliphatic carbocycles. The fraction of sp³-hybridized carbons (Fsp3) is 0.0278. The van der Waals surface area contributed by atoms with Gasteiger partial charge in [0.15, 0.2) is 0 Å². The fourth-order valence-corrected chi connectivity index (χ4v) is 12.2. The third-order valence-corrected chi connectivity index (χ3v) is 15.4. The van der Waals surface area contributed by atoms with Crippen molar-refractivity contribution in [1.29, 1.82) is 0 Å². The van der Waals surface area contributed by atoms with Crippen molar-refractivity contribution in [2.75, 3.05) is 0 Å². The van der Waals surface area contributed by atoms with Crippen LogP contribution >= 0.6 is 0 Å². The summed E-state index contributed by atoms with van der Waals surface area (Å²) in [5, 5.41) is 0. The van der Waals surface area contributed by atoms with Gasteiger partial charge < -0.3 is 0 Å². The zero-order chi connectivity index (χ0) is 50.5. The van der Waals surface area contributed by atoms with E-state index in [-0.39, 0.29) is 21.1 Å². The first-order chi connectivity index (χ1) is 37.7. The van der Waals surface area contributed by atoms with Gasteiger partial charge >= 0.3 is 21.1 Å². The van der Waals surface area contributed by atoms with Crippen molar-refractivity contribution >= 4 is 11.1 Å². The third-order valence-electron chi connectivity index (χ3n) is 15.4. The Morgan fingerprint density at radius 3 is 1.01 bits per heavy atom. The second kappa shape index (κ2) is 19.8. The van der Waals surface area contributed by atoms with Crippen molar-refractivity contribution in [1.82, 2.24) is 19.9 Å². The molecule has 14 rings (SSSR count). The van der Waals surface area contributed by atoms with Gasteiger partial charge in [-0.05, 0) is 97.6 Å². The first-order valence-electron chi connectivity index (χ1n) is 25.8. The van der Waals surface area contributed by atoms with Crippen LogP contribution in [0, 0.1) is 12.1 Å². The molecule has 0 radical (unpaired) electrons. The molecule has 0 amide bonds. The third kappa shape index (κ3) is 7.70. The summed E-state index contributed by atoms with van der Waals surface area (Å²) in [6.45, 7) is 0. The topological polar surface area (TPSA) is 51.6 Å². The van der Waals surface area contributed by atoms with Gasteiger partial charge in [0, 0.05) is 35.9 Å². The summed E-state index contributed by atoms with van der Waals surface area (Å²) < 4.78 is 0. The number of fused-ring (bicyclic) bond motifs is 6. The molecule has 8 aromatic carbocycles. The molecule has 5 heteroatoms. The van der Waals surface area contributed by atoms with E-state index < -0.39 is 10.8 Å². The Balaban J connectivity index is 0.00000566. The summed E-state index contributed by atoms with van der Waals surface area (Å²) in [6.07, 6.45) is 7.83. The first-order valence-corrected chi connectivity index (χ1v) is 25.8. The maximum absolute atomic E-state index is 5.20. The van der Waals surface area contributed by atoms with Crippen molar-refractivity contribution in [3.63, 3.8) is 0 Å². The maximum Gasteiger partial charge on any atom is 2.00 e. The molecule has 0 fully saturated rings. The minimum atomic E-state index is -0.792. The van der Waals surface area contributed by atoms with Crippen LogP contribution in [0.2, 0.25) is 0 Å². The summed E-state index contributed by atoms with van der Waals surface area (Å²) in [5.41, 5.74) is 21.0. The number of pyridine rings is 4. The molecule has 4 aromatic heterocycles. The quantitative estimate of drug-likeness (QED) is 0.128. The fourth-order valence-electron chi connectivity index (χ4n) is 12.2. The van der Waals surface area contributed by atoms with Gasteiger partial charge in [-0.1, -0.05) is 182 Å². The molecule has 4 nitrogen and oxygen atoms in total. The van der Waals surface area contributed by atoms with Crippen molar-refractivity contribution in [3.8, 4) is 44.8 Å². The van der Waals surface area contributed by atoms with Crippen LogP contribution in [0.5, 0.6) is 0 Å². The normalized spacial score (nSPS) is 13.0. The Hall–Kier alpha value is -9.21. The molecule has 0 bridgehead atoms. The van der Waals surface area contributed by atoms with Crippen LogP contribution in [0.25, 0.3) is 55.9 Å².